The Labute approximate surface area is 165 Å². The van der Waals surface area contributed by atoms with Gasteiger partial charge in [0.25, 0.3) is 0 Å². The second kappa shape index (κ2) is 5.85. The second-order valence-corrected chi connectivity index (χ2v) is 9.58. The van der Waals surface area contributed by atoms with E-state index in [0.29, 0.717) is 5.78 Å². The Morgan fingerprint density at radius 3 is 2.32 bits per heavy atom. The molecule has 2 aromatic carbocycles. The van der Waals surface area contributed by atoms with Gasteiger partial charge in [0.1, 0.15) is 16.9 Å². The number of ketones is 1. The van der Waals surface area contributed by atoms with Crippen LogP contribution < -0.4 is 4.74 Å². The van der Waals surface area contributed by atoms with Gasteiger partial charge in [-0.15, -0.1) is 0 Å². The van der Waals surface area contributed by atoms with Crippen LogP contribution in [0.2, 0.25) is 0 Å². The maximum atomic E-state index is 13.5. The highest BCUT2D eigenvalue weighted by Gasteiger charge is 2.55. The molecule has 0 radical (unpaired) electrons. The Kier molecular flexibility index (Phi) is 3.48. The minimum Gasteiger partial charge on any atom is -0.483 e. The molecule has 144 valence electrons. The number of carbonyl (C=O) groups excluding carboxylic acids is 1. The fourth-order valence-corrected chi connectivity index (χ4v) is 6.88. The molecule has 0 unspecified atom stereocenters. The minimum atomic E-state index is -0.396. The predicted octanol–water partition coefficient (Wildman–Crippen LogP) is 6.14. The van der Waals surface area contributed by atoms with E-state index in [1.165, 1.54) is 19.3 Å². The van der Waals surface area contributed by atoms with Gasteiger partial charge < -0.3 is 9.15 Å². The van der Waals surface area contributed by atoms with Crippen LogP contribution in [0.1, 0.15) is 45.4 Å². The number of para-hydroxylation sites is 1. The third-order valence-corrected chi connectivity index (χ3v) is 7.59. The van der Waals surface area contributed by atoms with E-state index in [2.05, 4.69) is 6.07 Å². The molecule has 0 saturated heterocycles. The van der Waals surface area contributed by atoms with E-state index in [4.69, 9.17) is 9.15 Å². The van der Waals surface area contributed by atoms with Crippen LogP contribution in [0.25, 0.3) is 21.9 Å². The zero-order valence-corrected chi connectivity index (χ0v) is 16.3. The van der Waals surface area contributed by atoms with Crippen LogP contribution in [0.15, 0.2) is 46.9 Å². The maximum Gasteiger partial charge on any atom is 0.179 e. The molecule has 7 rings (SSSR count). The number of hydrogen-bond acceptors (Lipinski definition) is 3. The van der Waals surface area contributed by atoms with Gasteiger partial charge >= 0.3 is 0 Å². The summed E-state index contributed by atoms with van der Waals surface area (Å²) in [6, 6.07) is 13.9. The smallest absolute Gasteiger partial charge is 0.179 e. The molecule has 0 N–H and O–H groups in total. The van der Waals surface area contributed by atoms with Crippen LogP contribution in [-0.2, 0) is 4.79 Å². The number of hydrogen-bond donors (Lipinski definition) is 0. The molecule has 4 fully saturated rings. The number of fused-ring (bicyclic) bond motifs is 3. The van der Waals surface area contributed by atoms with E-state index in [9.17, 15) is 4.79 Å². The van der Waals surface area contributed by atoms with Crippen LogP contribution in [0, 0.1) is 23.2 Å². The molecule has 1 heterocycles. The summed E-state index contributed by atoms with van der Waals surface area (Å²) in [6.45, 7) is 1.94. The van der Waals surface area contributed by atoms with Crippen molar-refractivity contribution in [1.29, 1.82) is 0 Å². The zero-order chi connectivity index (χ0) is 18.9. The van der Waals surface area contributed by atoms with E-state index < -0.39 is 6.10 Å². The van der Waals surface area contributed by atoms with Gasteiger partial charge in [-0.25, -0.2) is 0 Å². The summed E-state index contributed by atoms with van der Waals surface area (Å²) in [5, 5.41) is 2.13. The Balaban J connectivity index is 1.28. The topological polar surface area (TPSA) is 39.4 Å². The number of rotatable bonds is 4. The third kappa shape index (κ3) is 2.45. The Bertz CT molecular complexity index is 1040. The largest absolute Gasteiger partial charge is 0.483 e. The van der Waals surface area contributed by atoms with Gasteiger partial charge in [-0.2, -0.15) is 0 Å². The summed E-state index contributed by atoms with van der Waals surface area (Å²) >= 11 is 0. The molecule has 0 spiro atoms. The minimum absolute atomic E-state index is 0.111. The number of Topliss-reactive ketones (excluding diaryl/α,β-unsaturated/α-hetero) is 1. The van der Waals surface area contributed by atoms with Crippen molar-refractivity contribution in [3.63, 3.8) is 0 Å². The van der Waals surface area contributed by atoms with E-state index >= 15 is 0 Å². The summed E-state index contributed by atoms with van der Waals surface area (Å²) < 4.78 is 12.1. The Hall–Kier alpha value is -2.29. The van der Waals surface area contributed by atoms with Crippen molar-refractivity contribution in [3.8, 4) is 5.75 Å². The lowest BCUT2D eigenvalue weighted by Gasteiger charge is -2.56. The standard InChI is InChI=1S/C25H26O3/c1-15(24(26)25-12-16-8-17(13-25)10-18(9-16)14-25)27-19-6-7-23-21(11-19)20-4-2-3-5-22(20)28-23/h2-7,11,15-18H,8-10,12-14H2,1H3/t15-,16?,17?,18?,25?/m0/s1. The normalized spacial score (nSPS) is 32.1. The zero-order valence-electron chi connectivity index (χ0n) is 16.3. The monoisotopic (exact) mass is 374 g/mol. The van der Waals surface area contributed by atoms with Gasteiger partial charge in [0, 0.05) is 16.2 Å². The molecule has 3 heteroatoms. The second-order valence-electron chi connectivity index (χ2n) is 9.58. The van der Waals surface area contributed by atoms with Crippen LogP contribution in [-0.4, -0.2) is 11.9 Å². The third-order valence-electron chi connectivity index (χ3n) is 7.59. The van der Waals surface area contributed by atoms with Crippen molar-refractivity contribution in [2.45, 2.75) is 51.6 Å². The summed E-state index contributed by atoms with van der Waals surface area (Å²) in [6.07, 6.45) is 6.95. The first-order valence-electron chi connectivity index (χ1n) is 10.7. The van der Waals surface area contributed by atoms with Gasteiger partial charge in [0.2, 0.25) is 0 Å². The number of ether oxygens (including phenoxy) is 1. The van der Waals surface area contributed by atoms with Crippen molar-refractivity contribution >= 4 is 27.7 Å². The van der Waals surface area contributed by atoms with E-state index in [1.54, 1.807) is 0 Å². The molecular formula is C25H26O3. The molecule has 4 aliphatic carbocycles. The van der Waals surface area contributed by atoms with Crippen molar-refractivity contribution in [1.82, 2.24) is 0 Å². The maximum absolute atomic E-state index is 13.5. The molecule has 28 heavy (non-hydrogen) atoms. The fraction of sp³-hybridized carbons (Fsp3) is 0.480. The number of furan rings is 1. The van der Waals surface area contributed by atoms with Crippen LogP contribution in [0.5, 0.6) is 5.75 Å². The number of carbonyl (C=O) groups is 1. The van der Waals surface area contributed by atoms with Gasteiger partial charge in [-0.05, 0) is 87.5 Å². The van der Waals surface area contributed by atoms with Crippen LogP contribution in [0.3, 0.4) is 0 Å². The van der Waals surface area contributed by atoms with E-state index in [-0.39, 0.29) is 5.41 Å². The molecule has 3 aromatic rings. The van der Waals surface area contributed by atoms with Gasteiger partial charge in [-0.1, -0.05) is 18.2 Å². The molecule has 1 aromatic heterocycles. The Morgan fingerprint density at radius 2 is 1.61 bits per heavy atom. The molecule has 4 aliphatic rings. The van der Waals surface area contributed by atoms with Crippen LogP contribution >= 0.6 is 0 Å². The first kappa shape index (κ1) is 16.6. The fourth-order valence-electron chi connectivity index (χ4n) is 6.88. The lowest BCUT2D eigenvalue weighted by Crippen LogP contribution is -2.53. The van der Waals surface area contributed by atoms with Crippen molar-refractivity contribution in [3.05, 3.63) is 42.5 Å². The van der Waals surface area contributed by atoms with Gasteiger partial charge in [-0.3, -0.25) is 4.79 Å². The first-order valence-corrected chi connectivity index (χ1v) is 10.7. The highest BCUT2D eigenvalue weighted by Crippen LogP contribution is 2.60. The average molecular weight is 374 g/mol. The van der Waals surface area contributed by atoms with Crippen LogP contribution in [0.4, 0.5) is 0 Å². The molecule has 1 atom stereocenters. The molecule has 4 saturated carbocycles. The van der Waals surface area contributed by atoms with Crippen molar-refractivity contribution in [2.24, 2.45) is 23.2 Å². The number of benzene rings is 2. The average Bonchev–Trinajstić information content (AvgIpc) is 3.04. The quantitative estimate of drug-likeness (QED) is 0.551. The Morgan fingerprint density at radius 1 is 0.964 bits per heavy atom. The highest BCUT2D eigenvalue weighted by atomic mass is 16.5. The molecule has 0 amide bonds. The lowest BCUT2D eigenvalue weighted by atomic mass is 9.48. The van der Waals surface area contributed by atoms with Crippen molar-refractivity contribution in [2.75, 3.05) is 0 Å². The first-order chi connectivity index (χ1) is 13.6. The molecule has 4 bridgehead atoms. The summed E-state index contributed by atoms with van der Waals surface area (Å²) in [5.74, 6) is 3.41. The SMILES string of the molecule is C[C@H](Oc1ccc2oc3ccccc3c2c1)C(=O)C12CC3CC(CC(C3)C1)C2. The molecule has 0 aliphatic heterocycles. The van der Waals surface area contributed by atoms with Crippen molar-refractivity contribution < 1.29 is 13.9 Å². The predicted molar refractivity (Wildman–Crippen MR) is 109 cm³/mol. The lowest BCUT2D eigenvalue weighted by molar-refractivity contribution is -0.150. The summed E-state index contributed by atoms with van der Waals surface area (Å²) in [7, 11) is 0. The van der Waals surface area contributed by atoms with Gasteiger partial charge in [0.15, 0.2) is 11.9 Å². The highest BCUT2D eigenvalue weighted by molar-refractivity contribution is 6.05. The van der Waals surface area contributed by atoms with E-state index in [0.717, 1.165) is 64.7 Å². The molecule has 3 nitrogen and oxygen atoms in total. The van der Waals surface area contributed by atoms with Gasteiger partial charge in [0.05, 0.1) is 0 Å². The summed E-state index contributed by atoms with van der Waals surface area (Å²) in [4.78, 5) is 13.5. The van der Waals surface area contributed by atoms with E-state index in [1.807, 2.05) is 43.3 Å². The summed E-state index contributed by atoms with van der Waals surface area (Å²) in [5.41, 5.74) is 1.63. The molecular weight excluding hydrogens is 348 g/mol.